The van der Waals surface area contributed by atoms with Crippen LogP contribution in [0, 0.1) is 11.3 Å². The molecule has 0 fully saturated rings. The lowest BCUT2D eigenvalue weighted by molar-refractivity contribution is -0.132. The minimum atomic E-state index is -4.39. The molecular weight excluding hydrogens is 281 g/mol. The van der Waals surface area contributed by atoms with E-state index in [1.54, 1.807) is 0 Å². The van der Waals surface area contributed by atoms with Crippen molar-refractivity contribution in [3.8, 4) is 6.07 Å². The van der Waals surface area contributed by atoms with E-state index in [0.717, 1.165) is 0 Å². The molecule has 0 radical (unpaired) electrons. The average Bonchev–Trinajstić information content (AvgIpc) is 2.27. The molecule has 1 aromatic carbocycles. The Labute approximate surface area is 108 Å². The van der Waals surface area contributed by atoms with Crippen molar-refractivity contribution in [1.29, 1.82) is 5.26 Å². The first kappa shape index (κ1) is 15.5. The highest BCUT2D eigenvalue weighted by molar-refractivity contribution is 7.88. The molecule has 0 aromatic heterocycles. The Morgan fingerprint density at radius 1 is 1.21 bits per heavy atom. The smallest absolute Gasteiger partial charge is 0.215 e. The van der Waals surface area contributed by atoms with Gasteiger partial charge < -0.3 is 0 Å². The molecule has 19 heavy (non-hydrogen) atoms. The monoisotopic (exact) mass is 292 g/mol. The van der Waals surface area contributed by atoms with Crippen molar-refractivity contribution in [2.24, 2.45) is 0 Å². The van der Waals surface area contributed by atoms with Crippen LogP contribution in [0.4, 0.5) is 13.2 Å². The van der Waals surface area contributed by atoms with Gasteiger partial charge >= 0.3 is 6.18 Å². The van der Waals surface area contributed by atoms with Gasteiger partial charge in [-0.1, -0.05) is 12.1 Å². The molecule has 1 aromatic rings. The normalized spacial score (nSPS) is 12.1. The molecule has 0 aliphatic rings. The minimum Gasteiger partial charge on any atom is -0.215 e. The van der Waals surface area contributed by atoms with E-state index in [1.807, 2.05) is 10.8 Å². The second-order valence-corrected chi connectivity index (χ2v) is 5.63. The van der Waals surface area contributed by atoms with Crippen LogP contribution in [0.3, 0.4) is 0 Å². The Balaban J connectivity index is 2.57. The molecule has 0 saturated heterocycles. The molecule has 0 bridgehead atoms. The van der Waals surface area contributed by atoms with E-state index >= 15 is 0 Å². The lowest BCUT2D eigenvalue weighted by Gasteiger charge is -2.08. The van der Waals surface area contributed by atoms with E-state index in [2.05, 4.69) is 0 Å². The summed E-state index contributed by atoms with van der Waals surface area (Å²) in [6, 6.07) is 7.66. The number of nitrogens with one attached hydrogen (secondary N) is 1. The molecule has 104 valence electrons. The predicted molar refractivity (Wildman–Crippen MR) is 62.5 cm³/mol. The summed E-state index contributed by atoms with van der Waals surface area (Å²) in [6.07, 6.45) is -5.60. The molecule has 0 amide bonds. The third-order valence-corrected chi connectivity index (χ3v) is 3.53. The Kier molecular flexibility index (Phi) is 4.91. The van der Waals surface area contributed by atoms with Gasteiger partial charge in [-0.3, -0.25) is 0 Å². The molecule has 0 saturated carbocycles. The van der Waals surface area contributed by atoms with Crippen LogP contribution < -0.4 is 4.72 Å². The molecule has 4 nitrogen and oxygen atoms in total. The van der Waals surface area contributed by atoms with E-state index in [-0.39, 0.29) is 0 Å². The van der Waals surface area contributed by atoms with Gasteiger partial charge in [0.25, 0.3) is 0 Å². The first-order chi connectivity index (χ1) is 8.72. The maximum Gasteiger partial charge on any atom is 0.390 e. The van der Waals surface area contributed by atoms with E-state index < -0.39 is 34.9 Å². The summed E-state index contributed by atoms with van der Waals surface area (Å²) in [6.45, 7) is -0.678. The van der Waals surface area contributed by atoms with Gasteiger partial charge in [0.05, 0.1) is 23.8 Å². The maximum atomic E-state index is 11.9. The lowest BCUT2D eigenvalue weighted by atomic mass is 10.2. The Hall–Kier alpha value is -1.59. The highest BCUT2D eigenvalue weighted by atomic mass is 32.2. The number of hydrogen-bond donors (Lipinski definition) is 1. The van der Waals surface area contributed by atoms with Crippen LogP contribution in [0.1, 0.15) is 17.5 Å². The van der Waals surface area contributed by atoms with Gasteiger partial charge in [-0.05, 0) is 17.7 Å². The molecule has 0 aliphatic carbocycles. The van der Waals surface area contributed by atoms with Crippen LogP contribution in [-0.2, 0) is 15.8 Å². The first-order valence-electron chi connectivity index (χ1n) is 5.25. The number of nitrogens with zero attached hydrogens (tertiary/aromatic N) is 1. The van der Waals surface area contributed by atoms with Crippen LogP contribution in [0.5, 0.6) is 0 Å². The summed E-state index contributed by atoms with van der Waals surface area (Å²) >= 11 is 0. The molecule has 1 N–H and O–H groups in total. The summed E-state index contributed by atoms with van der Waals surface area (Å²) in [7, 11) is -3.81. The fourth-order valence-electron chi connectivity index (χ4n) is 1.29. The van der Waals surface area contributed by atoms with Crippen LogP contribution in [0.2, 0.25) is 0 Å². The van der Waals surface area contributed by atoms with Crippen LogP contribution in [0.25, 0.3) is 0 Å². The van der Waals surface area contributed by atoms with Crippen LogP contribution >= 0.6 is 0 Å². The number of benzene rings is 1. The maximum absolute atomic E-state index is 11.9. The summed E-state index contributed by atoms with van der Waals surface area (Å²) in [4.78, 5) is 0. The number of alkyl halides is 3. The quantitative estimate of drug-likeness (QED) is 0.901. The SMILES string of the molecule is N#Cc1ccc(CS(=O)(=O)NCCC(F)(F)F)cc1. The third kappa shape index (κ3) is 6.22. The average molecular weight is 292 g/mol. The fourth-order valence-corrected chi connectivity index (χ4v) is 2.44. The van der Waals surface area contributed by atoms with E-state index in [4.69, 9.17) is 5.26 Å². The zero-order valence-electron chi connectivity index (χ0n) is 9.74. The molecule has 0 unspecified atom stereocenters. The Morgan fingerprint density at radius 3 is 2.26 bits per heavy atom. The van der Waals surface area contributed by atoms with Crippen molar-refractivity contribution in [2.45, 2.75) is 18.3 Å². The van der Waals surface area contributed by atoms with Crippen molar-refractivity contribution < 1.29 is 21.6 Å². The molecular formula is C11H11F3N2O2S. The number of rotatable bonds is 5. The number of halogens is 3. The highest BCUT2D eigenvalue weighted by Gasteiger charge is 2.27. The lowest BCUT2D eigenvalue weighted by Crippen LogP contribution is -2.29. The summed E-state index contributed by atoms with van der Waals surface area (Å²) in [5.74, 6) is -0.420. The third-order valence-electron chi connectivity index (χ3n) is 2.17. The largest absolute Gasteiger partial charge is 0.390 e. The van der Waals surface area contributed by atoms with Gasteiger partial charge in [0, 0.05) is 6.54 Å². The van der Waals surface area contributed by atoms with E-state index in [0.29, 0.717) is 11.1 Å². The van der Waals surface area contributed by atoms with Gasteiger partial charge in [0.1, 0.15) is 0 Å². The molecule has 0 spiro atoms. The second-order valence-electron chi connectivity index (χ2n) is 3.83. The zero-order valence-corrected chi connectivity index (χ0v) is 10.6. The van der Waals surface area contributed by atoms with Crippen molar-refractivity contribution in [3.63, 3.8) is 0 Å². The standard InChI is InChI=1S/C11H11F3N2O2S/c12-11(13,14)5-6-16-19(17,18)8-10-3-1-9(7-15)2-4-10/h1-4,16H,5-6,8H2. The highest BCUT2D eigenvalue weighted by Crippen LogP contribution is 2.18. The van der Waals surface area contributed by atoms with E-state index in [9.17, 15) is 21.6 Å². The minimum absolute atomic E-state index is 0.381. The van der Waals surface area contributed by atoms with Gasteiger partial charge in [-0.2, -0.15) is 18.4 Å². The van der Waals surface area contributed by atoms with Crippen LogP contribution in [0.15, 0.2) is 24.3 Å². The second kappa shape index (κ2) is 6.04. The summed E-state index contributed by atoms with van der Waals surface area (Å²) < 4.78 is 60.5. The Bertz CT molecular complexity index is 559. The molecule has 1 rings (SSSR count). The van der Waals surface area contributed by atoms with Crippen LogP contribution in [-0.4, -0.2) is 21.1 Å². The molecule has 0 aliphatic heterocycles. The first-order valence-corrected chi connectivity index (χ1v) is 6.90. The molecule has 0 atom stereocenters. The van der Waals surface area contributed by atoms with Gasteiger partial charge in [-0.15, -0.1) is 0 Å². The van der Waals surface area contributed by atoms with Gasteiger partial charge in [0.15, 0.2) is 0 Å². The van der Waals surface area contributed by atoms with Gasteiger partial charge in [-0.25, -0.2) is 13.1 Å². The number of hydrogen-bond acceptors (Lipinski definition) is 3. The summed E-state index contributed by atoms with van der Waals surface area (Å²) in [5.41, 5.74) is 0.782. The van der Waals surface area contributed by atoms with Gasteiger partial charge in [0.2, 0.25) is 10.0 Å². The molecule has 0 heterocycles. The fraction of sp³-hybridized carbons (Fsp3) is 0.364. The number of nitriles is 1. The van der Waals surface area contributed by atoms with Crippen molar-refractivity contribution in [2.75, 3.05) is 6.54 Å². The summed E-state index contributed by atoms with van der Waals surface area (Å²) in [5, 5.41) is 8.57. The number of sulfonamides is 1. The predicted octanol–water partition coefficient (Wildman–Crippen LogP) is 1.93. The van der Waals surface area contributed by atoms with Crippen molar-refractivity contribution >= 4 is 10.0 Å². The Morgan fingerprint density at radius 2 is 1.79 bits per heavy atom. The molecule has 8 heteroatoms. The zero-order chi connectivity index (χ0) is 14.5. The van der Waals surface area contributed by atoms with E-state index in [1.165, 1.54) is 24.3 Å². The van der Waals surface area contributed by atoms with Crippen molar-refractivity contribution in [3.05, 3.63) is 35.4 Å². The topological polar surface area (TPSA) is 70.0 Å². The van der Waals surface area contributed by atoms with Crippen molar-refractivity contribution in [1.82, 2.24) is 4.72 Å².